The number of amides is 1. The van der Waals surface area contributed by atoms with E-state index in [-0.39, 0.29) is 22.4 Å². The highest BCUT2D eigenvalue weighted by Gasteiger charge is 2.32. The summed E-state index contributed by atoms with van der Waals surface area (Å²) in [5, 5.41) is 2.67. The Morgan fingerprint density at radius 1 is 1.25 bits per heavy atom. The molecular weight excluding hydrogens is 380 g/mol. The van der Waals surface area contributed by atoms with Crippen molar-refractivity contribution in [3.63, 3.8) is 0 Å². The highest BCUT2D eigenvalue weighted by molar-refractivity contribution is 7.89. The second kappa shape index (κ2) is 9.05. The first-order valence-corrected chi connectivity index (χ1v) is 11.0. The fourth-order valence-corrected chi connectivity index (χ4v) is 5.14. The van der Waals surface area contributed by atoms with Gasteiger partial charge in [0.25, 0.3) is 5.91 Å². The Labute approximate surface area is 167 Å². The molecule has 7 nitrogen and oxygen atoms in total. The van der Waals surface area contributed by atoms with Crippen LogP contribution in [0.15, 0.2) is 23.1 Å². The van der Waals surface area contributed by atoms with Gasteiger partial charge in [0.1, 0.15) is 6.04 Å². The summed E-state index contributed by atoms with van der Waals surface area (Å²) < 4.78 is 32.4. The van der Waals surface area contributed by atoms with Crippen molar-refractivity contribution in [1.29, 1.82) is 0 Å². The van der Waals surface area contributed by atoms with Crippen molar-refractivity contribution in [1.82, 2.24) is 9.62 Å². The van der Waals surface area contributed by atoms with E-state index in [1.54, 1.807) is 26.8 Å². The monoisotopic (exact) mass is 410 g/mol. The third kappa shape index (κ3) is 4.72. The molecule has 1 N–H and O–H groups in total. The number of aryl methyl sites for hydroxylation is 1. The van der Waals surface area contributed by atoms with Gasteiger partial charge >= 0.3 is 5.97 Å². The standard InChI is InChI=1S/C20H30N2O5S/c1-13(2)18(20(24)27-5)21-19(23)17-12-16(10-9-14(17)3)28(25,26)22-11-7-6-8-15(22)4/h9-10,12-13,15,18H,6-8,11H2,1-5H3,(H,21,23)/t15?,18-/m0/s1. The second-order valence-electron chi connectivity index (χ2n) is 7.66. The van der Waals surface area contributed by atoms with Crippen molar-refractivity contribution in [3.05, 3.63) is 29.3 Å². The van der Waals surface area contributed by atoms with Gasteiger partial charge in [0.2, 0.25) is 10.0 Å². The Hall–Kier alpha value is -1.93. The summed E-state index contributed by atoms with van der Waals surface area (Å²) in [5.74, 6) is -1.20. The smallest absolute Gasteiger partial charge is 0.328 e. The maximum absolute atomic E-state index is 13.1. The van der Waals surface area contributed by atoms with Gasteiger partial charge in [-0.05, 0) is 50.3 Å². The number of nitrogens with one attached hydrogen (secondary N) is 1. The van der Waals surface area contributed by atoms with Crippen molar-refractivity contribution in [2.24, 2.45) is 5.92 Å². The lowest BCUT2D eigenvalue weighted by Gasteiger charge is -2.32. The number of piperidine rings is 1. The minimum atomic E-state index is -3.69. The maximum Gasteiger partial charge on any atom is 0.328 e. The molecule has 8 heteroatoms. The third-order valence-corrected chi connectivity index (χ3v) is 7.22. The van der Waals surface area contributed by atoms with Crippen LogP contribution < -0.4 is 5.32 Å². The van der Waals surface area contributed by atoms with E-state index in [0.717, 1.165) is 19.3 Å². The number of sulfonamides is 1. The summed E-state index contributed by atoms with van der Waals surface area (Å²) in [4.78, 5) is 24.8. The summed E-state index contributed by atoms with van der Waals surface area (Å²) in [6.07, 6.45) is 2.67. The summed E-state index contributed by atoms with van der Waals surface area (Å²) in [5.41, 5.74) is 0.871. The van der Waals surface area contributed by atoms with E-state index < -0.39 is 27.9 Å². The average Bonchev–Trinajstić information content (AvgIpc) is 2.65. The number of rotatable bonds is 6. The van der Waals surface area contributed by atoms with E-state index in [2.05, 4.69) is 5.32 Å². The van der Waals surface area contributed by atoms with E-state index in [1.807, 2.05) is 6.92 Å². The molecule has 156 valence electrons. The van der Waals surface area contributed by atoms with Gasteiger partial charge in [-0.2, -0.15) is 4.31 Å². The first-order chi connectivity index (χ1) is 13.1. The van der Waals surface area contributed by atoms with Gasteiger partial charge in [-0.3, -0.25) is 4.79 Å². The molecule has 28 heavy (non-hydrogen) atoms. The number of methoxy groups -OCH3 is 1. The predicted octanol–water partition coefficient (Wildman–Crippen LogP) is 2.49. The minimum absolute atomic E-state index is 0.0676. The number of carbonyl (C=O) groups is 2. The maximum atomic E-state index is 13.1. The Bertz CT molecular complexity index is 835. The van der Waals surface area contributed by atoms with E-state index in [1.165, 1.54) is 23.5 Å². The molecule has 1 aromatic carbocycles. The van der Waals surface area contributed by atoms with Crippen LogP contribution in [0.25, 0.3) is 0 Å². The highest BCUT2D eigenvalue weighted by Crippen LogP contribution is 2.26. The summed E-state index contributed by atoms with van der Waals surface area (Å²) in [6.45, 7) is 7.72. The molecule has 0 bridgehead atoms. The van der Waals surface area contributed by atoms with Gasteiger partial charge in [-0.25, -0.2) is 13.2 Å². The minimum Gasteiger partial charge on any atom is -0.467 e. The predicted molar refractivity (Wildman–Crippen MR) is 106 cm³/mol. The van der Waals surface area contributed by atoms with Crippen LogP contribution in [-0.2, 0) is 19.6 Å². The van der Waals surface area contributed by atoms with Crippen LogP contribution in [0, 0.1) is 12.8 Å². The molecule has 1 heterocycles. The number of benzene rings is 1. The molecule has 1 unspecified atom stereocenters. The number of carbonyl (C=O) groups excluding carboxylic acids is 2. The fourth-order valence-electron chi connectivity index (χ4n) is 3.41. The number of nitrogens with zero attached hydrogens (tertiary/aromatic N) is 1. The lowest BCUT2D eigenvalue weighted by molar-refractivity contribution is -0.144. The van der Waals surface area contributed by atoms with Crippen molar-refractivity contribution < 1.29 is 22.7 Å². The van der Waals surface area contributed by atoms with Crippen molar-refractivity contribution >= 4 is 21.9 Å². The van der Waals surface area contributed by atoms with E-state index in [0.29, 0.717) is 12.1 Å². The Balaban J connectivity index is 2.34. The molecule has 2 atom stereocenters. The molecule has 1 saturated heterocycles. The third-order valence-electron chi connectivity index (χ3n) is 5.21. The van der Waals surface area contributed by atoms with Gasteiger partial charge in [0.15, 0.2) is 0 Å². The molecule has 0 radical (unpaired) electrons. The van der Waals surface area contributed by atoms with Gasteiger partial charge in [0, 0.05) is 18.2 Å². The largest absolute Gasteiger partial charge is 0.467 e. The summed E-state index contributed by atoms with van der Waals surface area (Å²) >= 11 is 0. The van der Waals surface area contributed by atoms with Crippen molar-refractivity contribution in [3.8, 4) is 0 Å². The van der Waals surface area contributed by atoms with E-state index in [4.69, 9.17) is 4.74 Å². The van der Waals surface area contributed by atoms with Crippen LogP contribution in [0.4, 0.5) is 0 Å². The number of esters is 1. The summed E-state index contributed by atoms with van der Waals surface area (Å²) in [6, 6.07) is 3.68. The molecule has 1 aromatic rings. The fraction of sp³-hybridized carbons (Fsp3) is 0.600. The molecule has 0 saturated carbocycles. The molecule has 1 aliphatic heterocycles. The molecule has 1 amide bonds. The van der Waals surface area contributed by atoms with Crippen LogP contribution in [0.5, 0.6) is 0 Å². The number of ether oxygens (including phenoxy) is 1. The average molecular weight is 411 g/mol. The quantitative estimate of drug-likeness (QED) is 0.728. The Morgan fingerprint density at radius 3 is 2.50 bits per heavy atom. The zero-order valence-electron chi connectivity index (χ0n) is 17.2. The van der Waals surface area contributed by atoms with Crippen LogP contribution in [0.3, 0.4) is 0 Å². The van der Waals surface area contributed by atoms with Crippen LogP contribution in [0.2, 0.25) is 0 Å². The van der Waals surface area contributed by atoms with Crippen LogP contribution >= 0.6 is 0 Å². The normalized spacial score (nSPS) is 19.3. The lowest BCUT2D eigenvalue weighted by atomic mass is 10.0. The van der Waals surface area contributed by atoms with Crippen molar-refractivity contribution in [2.75, 3.05) is 13.7 Å². The number of hydrogen-bond acceptors (Lipinski definition) is 5. The van der Waals surface area contributed by atoms with E-state index in [9.17, 15) is 18.0 Å². The highest BCUT2D eigenvalue weighted by atomic mass is 32.2. The summed E-state index contributed by atoms with van der Waals surface area (Å²) in [7, 11) is -2.42. The van der Waals surface area contributed by atoms with Crippen molar-refractivity contribution in [2.45, 2.75) is 63.9 Å². The van der Waals surface area contributed by atoms with Crippen LogP contribution in [-0.4, -0.2) is 50.3 Å². The molecular formula is C20H30N2O5S. The molecule has 1 fully saturated rings. The van der Waals surface area contributed by atoms with Gasteiger partial charge < -0.3 is 10.1 Å². The number of hydrogen-bond donors (Lipinski definition) is 1. The van der Waals surface area contributed by atoms with Gasteiger partial charge in [-0.1, -0.05) is 26.3 Å². The van der Waals surface area contributed by atoms with Crippen LogP contribution in [0.1, 0.15) is 56.0 Å². The SMILES string of the molecule is COC(=O)[C@@H](NC(=O)c1cc(S(=O)(=O)N2CCCCC2C)ccc1C)C(C)C. The molecule has 2 rings (SSSR count). The van der Waals surface area contributed by atoms with Gasteiger partial charge in [-0.15, -0.1) is 0 Å². The Morgan fingerprint density at radius 2 is 1.93 bits per heavy atom. The van der Waals surface area contributed by atoms with E-state index >= 15 is 0 Å². The molecule has 0 spiro atoms. The Kier molecular flexibility index (Phi) is 7.22. The van der Waals surface area contributed by atoms with Gasteiger partial charge in [0.05, 0.1) is 12.0 Å². The topological polar surface area (TPSA) is 92.8 Å². The zero-order chi connectivity index (χ0) is 21.1. The molecule has 0 aromatic heterocycles. The first kappa shape index (κ1) is 22.4. The zero-order valence-corrected chi connectivity index (χ0v) is 18.0. The first-order valence-electron chi connectivity index (χ1n) is 9.60. The lowest BCUT2D eigenvalue weighted by Crippen LogP contribution is -2.45. The molecule has 0 aliphatic carbocycles. The second-order valence-corrected chi connectivity index (χ2v) is 9.55. The molecule has 1 aliphatic rings.